The zero-order valence-electron chi connectivity index (χ0n) is 14.6. The molecule has 1 amide bonds. The fourth-order valence-corrected chi connectivity index (χ4v) is 3.10. The van der Waals surface area contributed by atoms with Gasteiger partial charge in [-0.1, -0.05) is 17.3 Å². The molecular formula is C18H23N3O4. The van der Waals surface area contributed by atoms with E-state index in [1.807, 2.05) is 29.2 Å². The molecule has 1 saturated heterocycles. The summed E-state index contributed by atoms with van der Waals surface area (Å²) in [4.78, 5) is 18.9. The Balaban J connectivity index is 1.62. The first-order valence-electron chi connectivity index (χ1n) is 8.41. The second kappa shape index (κ2) is 8.11. The van der Waals surface area contributed by atoms with Gasteiger partial charge in [0, 0.05) is 26.1 Å². The normalized spacial score (nSPS) is 17.5. The van der Waals surface area contributed by atoms with Gasteiger partial charge >= 0.3 is 0 Å². The van der Waals surface area contributed by atoms with Crippen LogP contribution in [0.4, 0.5) is 0 Å². The number of likely N-dealkylation sites (tertiary alicyclic amines) is 1. The Morgan fingerprint density at radius 2 is 2.28 bits per heavy atom. The van der Waals surface area contributed by atoms with E-state index in [1.54, 1.807) is 14.2 Å². The van der Waals surface area contributed by atoms with E-state index in [4.69, 9.17) is 14.0 Å². The van der Waals surface area contributed by atoms with Gasteiger partial charge in [-0.05, 0) is 30.5 Å². The van der Waals surface area contributed by atoms with Gasteiger partial charge in [0.15, 0.2) is 5.82 Å². The average molecular weight is 345 g/mol. The second-order valence-electron chi connectivity index (χ2n) is 6.19. The van der Waals surface area contributed by atoms with E-state index in [0.717, 1.165) is 30.7 Å². The molecule has 0 N–H and O–H groups in total. The highest BCUT2D eigenvalue weighted by Gasteiger charge is 2.28. The smallest absolute Gasteiger partial charge is 0.252 e. The molecule has 1 atom stereocenters. The molecule has 7 heteroatoms. The number of benzene rings is 1. The Morgan fingerprint density at radius 3 is 3.08 bits per heavy atom. The second-order valence-corrected chi connectivity index (χ2v) is 6.19. The van der Waals surface area contributed by atoms with Gasteiger partial charge in [0.25, 0.3) is 5.89 Å². The number of piperidine rings is 1. The lowest BCUT2D eigenvalue weighted by molar-refractivity contribution is -0.131. The van der Waals surface area contributed by atoms with Crippen molar-refractivity contribution in [3.8, 4) is 5.75 Å². The van der Waals surface area contributed by atoms with Gasteiger partial charge in [-0.15, -0.1) is 0 Å². The Hall–Kier alpha value is -2.41. The Morgan fingerprint density at radius 1 is 1.40 bits per heavy atom. The summed E-state index contributed by atoms with van der Waals surface area (Å²) in [6, 6.07) is 7.61. The molecule has 2 aromatic rings. The number of hydrogen-bond acceptors (Lipinski definition) is 6. The first-order valence-corrected chi connectivity index (χ1v) is 8.41. The van der Waals surface area contributed by atoms with Gasteiger partial charge in [0.2, 0.25) is 5.91 Å². The quantitative estimate of drug-likeness (QED) is 0.798. The molecule has 0 bridgehead atoms. The standard InChI is InChI=1S/C18H23N3O4/c1-23-12-16-19-18(20-25-16)14-6-4-8-21(11-14)17(22)10-13-5-3-7-15(9-13)24-2/h3,5,7,9,14H,4,6,8,10-12H2,1-2H3. The summed E-state index contributed by atoms with van der Waals surface area (Å²) in [6.07, 6.45) is 2.25. The van der Waals surface area contributed by atoms with Crippen molar-refractivity contribution in [2.45, 2.75) is 31.8 Å². The number of rotatable bonds is 6. The molecule has 1 aromatic heterocycles. The molecule has 2 heterocycles. The number of nitrogens with zero attached hydrogens (tertiary/aromatic N) is 3. The highest BCUT2D eigenvalue weighted by Crippen LogP contribution is 2.25. The van der Waals surface area contributed by atoms with E-state index in [-0.39, 0.29) is 11.8 Å². The van der Waals surface area contributed by atoms with Crippen molar-refractivity contribution in [2.24, 2.45) is 0 Å². The molecular weight excluding hydrogens is 322 g/mol. The van der Waals surface area contributed by atoms with Crippen LogP contribution in [-0.2, 0) is 22.6 Å². The van der Waals surface area contributed by atoms with Crippen molar-refractivity contribution >= 4 is 5.91 Å². The summed E-state index contributed by atoms with van der Waals surface area (Å²) in [5.41, 5.74) is 0.952. The molecule has 134 valence electrons. The molecule has 1 fully saturated rings. The molecule has 1 unspecified atom stereocenters. The number of hydrogen-bond donors (Lipinski definition) is 0. The number of ether oxygens (including phenoxy) is 2. The summed E-state index contributed by atoms with van der Waals surface area (Å²) in [5, 5.41) is 4.04. The number of carbonyl (C=O) groups excluding carboxylic acids is 1. The third-order valence-corrected chi connectivity index (χ3v) is 4.38. The van der Waals surface area contributed by atoms with Crippen molar-refractivity contribution in [1.29, 1.82) is 0 Å². The third kappa shape index (κ3) is 4.36. The van der Waals surface area contributed by atoms with Gasteiger partial charge in [0.1, 0.15) is 12.4 Å². The van der Waals surface area contributed by atoms with E-state index in [0.29, 0.717) is 31.3 Å². The van der Waals surface area contributed by atoms with Gasteiger partial charge < -0.3 is 18.9 Å². The van der Waals surface area contributed by atoms with Gasteiger partial charge in [-0.3, -0.25) is 4.79 Å². The number of methoxy groups -OCH3 is 2. The van der Waals surface area contributed by atoms with Crippen LogP contribution in [-0.4, -0.2) is 48.3 Å². The zero-order chi connectivity index (χ0) is 17.6. The minimum absolute atomic E-state index is 0.109. The lowest BCUT2D eigenvalue weighted by Gasteiger charge is -2.31. The van der Waals surface area contributed by atoms with Crippen LogP contribution >= 0.6 is 0 Å². The molecule has 1 aliphatic rings. The largest absolute Gasteiger partial charge is 0.497 e. The Labute approximate surface area is 146 Å². The molecule has 7 nitrogen and oxygen atoms in total. The highest BCUT2D eigenvalue weighted by atomic mass is 16.5. The van der Waals surface area contributed by atoms with E-state index in [1.165, 1.54) is 0 Å². The number of amides is 1. The van der Waals surface area contributed by atoms with Crippen LogP contribution in [0.3, 0.4) is 0 Å². The maximum atomic E-state index is 12.7. The molecule has 0 spiro atoms. The summed E-state index contributed by atoms with van der Waals surface area (Å²) < 4.78 is 15.4. The topological polar surface area (TPSA) is 77.7 Å². The van der Waals surface area contributed by atoms with Crippen molar-refractivity contribution in [3.05, 3.63) is 41.5 Å². The maximum absolute atomic E-state index is 12.7. The fourth-order valence-electron chi connectivity index (χ4n) is 3.10. The van der Waals surface area contributed by atoms with Crippen LogP contribution in [0.5, 0.6) is 5.75 Å². The van der Waals surface area contributed by atoms with E-state index >= 15 is 0 Å². The maximum Gasteiger partial charge on any atom is 0.252 e. The Kier molecular flexibility index (Phi) is 5.65. The van der Waals surface area contributed by atoms with Crippen molar-refractivity contribution in [1.82, 2.24) is 15.0 Å². The monoisotopic (exact) mass is 345 g/mol. The Bertz CT molecular complexity index is 716. The van der Waals surface area contributed by atoms with Gasteiger partial charge in [-0.2, -0.15) is 4.98 Å². The van der Waals surface area contributed by atoms with Crippen LogP contribution in [0.15, 0.2) is 28.8 Å². The summed E-state index contributed by atoms with van der Waals surface area (Å²) in [5.74, 6) is 2.11. The van der Waals surface area contributed by atoms with Crippen LogP contribution in [0, 0.1) is 0 Å². The molecule has 0 radical (unpaired) electrons. The van der Waals surface area contributed by atoms with Gasteiger partial charge in [0.05, 0.1) is 13.5 Å². The lowest BCUT2D eigenvalue weighted by Crippen LogP contribution is -2.40. The SMILES string of the molecule is COCc1nc(C2CCCN(C(=O)Cc3cccc(OC)c3)C2)no1. The molecule has 0 saturated carbocycles. The number of carbonyl (C=O) groups is 1. The predicted molar refractivity (Wildman–Crippen MR) is 90.3 cm³/mol. The summed E-state index contributed by atoms with van der Waals surface area (Å²) >= 11 is 0. The molecule has 1 aliphatic heterocycles. The van der Waals surface area contributed by atoms with E-state index in [2.05, 4.69) is 10.1 Å². The first kappa shape index (κ1) is 17.4. The minimum Gasteiger partial charge on any atom is -0.497 e. The minimum atomic E-state index is 0.109. The fraction of sp³-hybridized carbons (Fsp3) is 0.500. The van der Waals surface area contributed by atoms with E-state index in [9.17, 15) is 4.79 Å². The summed E-state index contributed by atoms with van der Waals surface area (Å²) in [6.45, 7) is 1.69. The lowest BCUT2D eigenvalue weighted by atomic mass is 9.96. The van der Waals surface area contributed by atoms with Crippen LogP contribution in [0.2, 0.25) is 0 Å². The first-order chi connectivity index (χ1) is 12.2. The predicted octanol–water partition coefficient (Wildman–Crippen LogP) is 2.17. The zero-order valence-corrected chi connectivity index (χ0v) is 14.6. The van der Waals surface area contributed by atoms with Crippen molar-refractivity contribution in [3.63, 3.8) is 0 Å². The van der Waals surface area contributed by atoms with E-state index < -0.39 is 0 Å². The van der Waals surface area contributed by atoms with Crippen LogP contribution in [0.1, 0.15) is 36.0 Å². The summed E-state index contributed by atoms with van der Waals surface area (Å²) in [7, 11) is 3.21. The van der Waals surface area contributed by atoms with Crippen LogP contribution < -0.4 is 4.74 Å². The highest BCUT2D eigenvalue weighted by molar-refractivity contribution is 5.79. The average Bonchev–Trinajstić information content (AvgIpc) is 3.11. The molecule has 3 rings (SSSR count). The molecule has 25 heavy (non-hydrogen) atoms. The van der Waals surface area contributed by atoms with Crippen molar-refractivity contribution in [2.75, 3.05) is 27.3 Å². The third-order valence-electron chi connectivity index (χ3n) is 4.38. The molecule has 1 aromatic carbocycles. The molecule has 0 aliphatic carbocycles. The van der Waals surface area contributed by atoms with Crippen molar-refractivity contribution < 1.29 is 18.8 Å². The van der Waals surface area contributed by atoms with Crippen LogP contribution in [0.25, 0.3) is 0 Å². The van der Waals surface area contributed by atoms with Gasteiger partial charge in [-0.25, -0.2) is 0 Å². The number of aromatic nitrogens is 2.